The Balaban J connectivity index is 1.36. The SMILES string of the molecule is Cc1ccc(-c2ccc(=O)n(C(C)C(=O)NC3CCN(Cc4ccccc4)CC3)n2)cc1. The van der Waals surface area contributed by atoms with E-state index < -0.39 is 6.04 Å². The Morgan fingerprint density at radius 1 is 1.03 bits per heavy atom. The number of aromatic nitrogens is 2. The minimum absolute atomic E-state index is 0.118. The maximum Gasteiger partial charge on any atom is 0.267 e. The first-order chi connectivity index (χ1) is 15.5. The summed E-state index contributed by atoms with van der Waals surface area (Å²) in [5.74, 6) is -0.165. The van der Waals surface area contributed by atoms with Crippen molar-refractivity contribution < 1.29 is 4.79 Å². The lowest BCUT2D eigenvalue weighted by atomic mass is 10.0. The van der Waals surface area contributed by atoms with Gasteiger partial charge < -0.3 is 5.32 Å². The van der Waals surface area contributed by atoms with E-state index in [1.165, 1.54) is 16.3 Å². The van der Waals surface area contributed by atoms with Crippen LogP contribution in [0.2, 0.25) is 0 Å². The molecule has 1 aromatic heterocycles. The number of amides is 1. The zero-order valence-corrected chi connectivity index (χ0v) is 18.7. The Bertz CT molecular complexity index is 1100. The van der Waals surface area contributed by atoms with Crippen LogP contribution in [0.15, 0.2) is 71.5 Å². The third-order valence-corrected chi connectivity index (χ3v) is 6.10. The van der Waals surface area contributed by atoms with Crippen molar-refractivity contribution in [2.24, 2.45) is 0 Å². The second-order valence-corrected chi connectivity index (χ2v) is 8.59. The molecule has 0 spiro atoms. The predicted molar refractivity (Wildman–Crippen MR) is 126 cm³/mol. The molecule has 6 nitrogen and oxygen atoms in total. The molecule has 1 fully saturated rings. The number of nitrogens with zero attached hydrogens (tertiary/aromatic N) is 3. The van der Waals surface area contributed by atoms with Gasteiger partial charge in [-0.25, -0.2) is 4.68 Å². The normalized spacial score (nSPS) is 15.9. The molecular formula is C26H30N4O2. The molecule has 2 aromatic carbocycles. The van der Waals surface area contributed by atoms with E-state index >= 15 is 0 Å². The van der Waals surface area contributed by atoms with Crippen LogP contribution >= 0.6 is 0 Å². The minimum Gasteiger partial charge on any atom is -0.351 e. The molecule has 1 unspecified atom stereocenters. The van der Waals surface area contributed by atoms with E-state index in [1.807, 2.05) is 37.3 Å². The van der Waals surface area contributed by atoms with Crippen molar-refractivity contribution >= 4 is 5.91 Å². The van der Waals surface area contributed by atoms with Crippen LogP contribution in [0, 0.1) is 6.92 Å². The van der Waals surface area contributed by atoms with Crippen LogP contribution in [-0.2, 0) is 11.3 Å². The average molecular weight is 431 g/mol. The van der Waals surface area contributed by atoms with E-state index in [9.17, 15) is 9.59 Å². The van der Waals surface area contributed by atoms with Crippen LogP contribution in [0.3, 0.4) is 0 Å². The topological polar surface area (TPSA) is 67.2 Å². The van der Waals surface area contributed by atoms with Gasteiger partial charge in [0.1, 0.15) is 6.04 Å². The number of likely N-dealkylation sites (tertiary alicyclic amines) is 1. The van der Waals surface area contributed by atoms with Crippen molar-refractivity contribution in [3.8, 4) is 11.3 Å². The standard InChI is InChI=1S/C26H30N4O2/c1-19-8-10-22(11-9-19)24-12-13-25(31)30(28-24)20(2)26(32)27-23-14-16-29(17-15-23)18-21-6-4-3-5-7-21/h3-13,20,23H,14-18H2,1-2H3,(H,27,32). The lowest BCUT2D eigenvalue weighted by molar-refractivity contribution is -0.125. The molecule has 4 rings (SSSR count). The highest BCUT2D eigenvalue weighted by Gasteiger charge is 2.24. The first-order valence-corrected chi connectivity index (χ1v) is 11.2. The highest BCUT2D eigenvalue weighted by atomic mass is 16.2. The average Bonchev–Trinajstić information content (AvgIpc) is 2.81. The molecule has 0 bridgehead atoms. The number of carbonyl (C=O) groups excluding carboxylic acids is 1. The van der Waals surface area contributed by atoms with Gasteiger partial charge >= 0.3 is 0 Å². The summed E-state index contributed by atoms with van der Waals surface area (Å²) in [4.78, 5) is 27.7. The fourth-order valence-corrected chi connectivity index (χ4v) is 4.09. The predicted octanol–water partition coefficient (Wildman–Crippen LogP) is 3.56. The van der Waals surface area contributed by atoms with Crippen molar-refractivity contribution in [3.63, 3.8) is 0 Å². The van der Waals surface area contributed by atoms with Crippen LogP contribution in [-0.4, -0.2) is 39.7 Å². The Morgan fingerprint density at radius 3 is 2.41 bits per heavy atom. The van der Waals surface area contributed by atoms with Gasteiger partial charge in [-0.15, -0.1) is 0 Å². The molecule has 0 aliphatic carbocycles. The lowest BCUT2D eigenvalue weighted by Gasteiger charge is -2.33. The number of carbonyl (C=O) groups is 1. The van der Waals surface area contributed by atoms with Crippen LogP contribution < -0.4 is 10.9 Å². The summed E-state index contributed by atoms with van der Waals surface area (Å²) >= 11 is 0. The molecule has 1 N–H and O–H groups in total. The summed E-state index contributed by atoms with van der Waals surface area (Å²) < 4.78 is 1.29. The van der Waals surface area contributed by atoms with E-state index in [-0.39, 0.29) is 17.5 Å². The highest BCUT2D eigenvalue weighted by molar-refractivity contribution is 5.80. The van der Waals surface area contributed by atoms with E-state index in [4.69, 9.17) is 0 Å². The van der Waals surface area contributed by atoms with E-state index in [0.29, 0.717) is 5.69 Å². The quantitative estimate of drug-likeness (QED) is 0.649. The molecule has 1 amide bonds. The fourth-order valence-electron chi connectivity index (χ4n) is 4.09. The van der Waals surface area contributed by atoms with Crippen molar-refractivity contribution in [2.45, 2.75) is 45.3 Å². The molecule has 3 aromatic rings. The number of nitrogens with one attached hydrogen (secondary N) is 1. The third-order valence-electron chi connectivity index (χ3n) is 6.10. The molecule has 1 aliphatic heterocycles. The van der Waals surface area contributed by atoms with E-state index in [0.717, 1.165) is 43.6 Å². The van der Waals surface area contributed by atoms with Crippen LogP contribution in [0.4, 0.5) is 0 Å². The maximum absolute atomic E-state index is 12.9. The van der Waals surface area contributed by atoms with Crippen LogP contribution in [0.25, 0.3) is 11.3 Å². The zero-order chi connectivity index (χ0) is 22.5. The minimum atomic E-state index is -0.671. The van der Waals surface area contributed by atoms with Crippen LogP contribution in [0.1, 0.15) is 36.9 Å². The summed E-state index contributed by atoms with van der Waals surface area (Å²) in [5, 5.41) is 7.61. The molecule has 2 heterocycles. The molecule has 6 heteroatoms. The number of hydrogen-bond acceptors (Lipinski definition) is 4. The van der Waals surface area contributed by atoms with Gasteiger partial charge in [0.25, 0.3) is 5.56 Å². The Labute approximate surface area is 188 Å². The smallest absolute Gasteiger partial charge is 0.267 e. The second-order valence-electron chi connectivity index (χ2n) is 8.59. The zero-order valence-electron chi connectivity index (χ0n) is 18.7. The van der Waals surface area contributed by atoms with Gasteiger partial charge in [-0.2, -0.15) is 5.10 Å². The number of piperidine rings is 1. The van der Waals surface area contributed by atoms with Gasteiger partial charge in [0.2, 0.25) is 5.91 Å². The molecule has 1 saturated heterocycles. The van der Waals surface area contributed by atoms with Crippen molar-refractivity contribution in [2.75, 3.05) is 13.1 Å². The number of benzene rings is 2. The summed E-state index contributed by atoms with van der Waals surface area (Å²) in [5.41, 5.74) is 3.79. The van der Waals surface area contributed by atoms with Gasteiger partial charge in [-0.1, -0.05) is 60.2 Å². The van der Waals surface area contributed by atoms with Crippen molar-refractivity contribution in [1.82, 2.24) is 20.0 Å². The molecule has 0 saturated carbocycles. The van der Waals surface area contributed by atoms with E-state index in [2.05, 4.69) is 39.6 Å². The third kappa shape index (κ3) is 5.32. The number of aryl methyl sites for hydroxylation is 1. The lowest BCUT2D eigenvalue weighted by Crippen LogP contribution is -2.47. The summed E-state index contributed by atoms with van der Waals surface area (Å²) in [7, 11) is 0. The van der Waals surface area contributed by atoms with Gasteiger partial charge in [0, 0.05) is 37.3 Å². The van der Waals surface area contributed by atoms with Crippen molar-refractivity contribution in [3.05, 3.63) is 88.2 Å². The number of hydrogen-bond donors (Lipinski definition) is 1. The molecule has 1 aliphatic rings. The highest BCUT2D eigenvalue weighted by Crippen LogP contribution is 2.18. The monoisotopic (exact) mass is 430 g/mol. The second kappa shape index (κ2) is 9.92. The van der Waals surface area contributed by atoms with Gasteiger partial charge in [-0.3, -0.25) is 14.5 Å². The summed E-state index contributed by atoms with van der Waals surface area (Å²) in [6.45, 7) is 6.57. The molecule has 0 radical (unpaired) electrons. The first-order valence-electron chi connectivity index (χ1n) is 11.2. The van der Waals surface area contributed by atoms with Gasteiger partial charge in [-0.05, 0) is 38.3 Å². The number of rotatable bonds is 6. The molecular weight excluding hydrogens is 400 g/mol. The van der Waals surface area contributed by atoms with E-state index in [1.54, 1.807) is 13.0 Å². The Morgan fingerprint density at radius 2 is 1.72 bits per heavy atom. The first kappa shape index (κ1) is 22.0. The van der Waals surface area contributed by atoms with Gasteiger partial charge in [0.15, 0.2) is 0 Å². The molecule has 1 atom stereocenters. The maximum atomic E-state index is 12.9. The molecule has 32 heavy (non-hydrogen) atoms. The largest absolute Gasteiger partial charge is 0.351 e. The Kier molecular flexibility index (Phi) is 6.81. The van der Waals surface area contributed by atoms with Crippen LogP contribution in [0.5, 0.6) is 0 Å². The fraction of sp³-hybridized carbons (Fsp3) is 0.346. The Hall–Kier alpha value is -3.25. The summed E-state index contributed by atoms with van der Waals surface area (Å²) in [6, 6.07) is 21.0. The molecule has 166 valence electrons. The summed E-state index contributed by atoms with van der Waals surface area (Å²) in [6.07, 6.45) is 1.80. The van der Waals surface area contributed by atoms with Crippen molar-refractivity contribution in [1.29, 1.82) is 0 Å². The van der Waals surface area contributed by atoms with Gasteiger partial charge in [0.05, 0.1) is 5.69 Å².